The molecule has 0 fully saturated rings. The van der Waals surface area contributed by atoms with Crippen molar-refractivity contribution < 1.29 is 13.9 Å². The minimum absolute atomic E-state index is 0.0422. The van der Waals surface area contributed by atoms with Crippen LogP contribution >= 0.6 is 0 Å². The summed E-state index contributed by atoms with van der Waals surface area (Å²) in [5.74, 6) is 0.187. The highest BCUT2D eigenvalue weighted by molar-refractivity contribution is 5.99. The fourth-order valence-electron chi connectivity index (χ4n) is 3.42. The summed E-state index contributed by atoms with van der Waals surface area (Å²) in [6.07, 6.45) is 2.54. The maximum atomic E-state index is 14.8. The van der Waals surface area contributed by atoms with Crippen molar-refractivity contribution in [2.24, 2.45) is 0 Å². The van der Waals surface area contributed by atoms with Gasteiger partial charge in [-0.05, 0) is 31.2 Å². The highest BCUT2D eigenvalue weighted by Crippen LogP contribution is 2.28. The molecule has 0 unspecified atom stereocenters. The number of carbonyl (C=O) groups is 1. The van der Waals surface area contributed by atoms with E-state index in [-0.39, 0.29) is 22.8 Å². The van der Waals surface area contributed by atoms with Crippen LogP contribution in [-0.4, -0.2) is 30.8 Å². The number of pyridine rings is 1. The van der Waals surface area contributed by atoms with Crippen LogP contribution in [0.15, 0.2) is 77.9 Å². The molecule has 2 aromatic carbocycles. The molecule has 0 saturated carbocycles. The predicted molar refractivity (Wildman–Crippen MR) is 128 cm³/mol. The van der Waals surface area contributed by atoms with E-state index >= 15 is 0 Å². The number of fused-ring (bicyclic) bond motifs is 1. The lowest BCUT2D eigenvalue weighted by Gasteiger charge is -2.12. The number of urea groups is 1. The first-order chi connectivity index (χ1) is 17.0. The van der Waals surface area contributed by atoms with E-state index in [0.717, 1.165) is 18.0 Å². The number of nitrogens with zero attached hydrogens (tertiary/aromatic N) is 4. The minimum atomic E-state index is -0.704. The molecule has 5 aromatic rings. The quantitative estimate of drug-likeness (QED) is 0.349. The van der Waals surface area contributed by atoms with Crippen molar-refractivity contribution >= 4 is 28.7 Å². The second-order valence-corrected chi connectivity index (χ2v) is 7.49. The van der Waals surface area contributed by atoms with Crippen molar-refractivity contribution in [2.75, 3.05) is 10.6 Å². The number of amides is 2. The standard InChI is InChI=1S/C24H18FN7O3/c1-14-11-20(32(31-14)15-5-3-2-4-6-15)29-24(34)28-18-8-7-16(12-17(18)25)35-19-9-10-26-23-22(19)27-13-21(33)30-23/h2-13H,1H3,(H,26,30,33)(H2,28,29,34). The Kier molecular flexibility index (Phi) is 5.63. The molecule has 3 heterocycles. The summed E-state index contributed by atoms with van der Waals surface area (Å²) in [6, 6.07) is 15.9. The summed E-state index contributed by atoms with van der Waals surface area (Å²) in [6.45, 7) is 1.81. The molecule has 0 radical (unpaired) electrons. The number of ether oxygens (including phenoxy) is 1. The van der Waals surface area contributed by atoms with Crippen LogP contribution in [0.1, 0.15) is 5.69 Å². The van der Waals surface area contributed by atoms with Gasteiger partial charge in [-0.25, -0.2) is 23.8 Å². The lowest BCUT2D eigenvalue weighted by Crippen LogP contribution is -2.21. The first-order valence-corrected chi connectivity index (χ1v) is 10.5. The molecule has 0 aliphatic rings. The van der Waals surface area contributed by atoms with Gasteiger partial charge >= 0.3 is 6.03 Å². The Morgan fingerprint density at radius 1 is 1.06 bits per heavy atom. The lowest BCUT2D eigenvalue weighted by molar-refractivity contribution is 0.262. The van der Waals surface area contributed by atoms with Crippen LogP contribution in [0.5, 0.6) is 11.5 Å². The van der Waals surface area contributed by atoms with Crippen molar-refractivity contribution in [3.8, 4) is 17.2 Å². The van der Waals surface area contributed by atoms with Gasteiger partial charge in [0.1, 0.15) is 22.9 Å². The summed E-state index contributed by atoms with van der Waals surface area (Å²) >= 11 is 0. The van der Waals surface area contributed by atoms with Crippen LogP contribution in [0.25, 0.3) is 16.9 Å². The zero-order chi connectivity index (χ0) is 24.4. The third kappa shape index (κ3) is 4.69. The third-order valence-electron chi connectivity index (χ3n) is 4.93. The van der Waals surface area contributed by atoms with Crippen LogP contribution in [0.4, 0.5) is 20.7 Å². The fraction of sp³-hybridized carbons (Fsp3) is 0.0417. The average molecular weight is 471 g/mol. The number of rotatable bonds is 5. The Hall–Kier alpha value is -5.06. The molecular weight excluding hydrogens is 453 g/mol. The van der Waals surface area contributed by atoms with Gasteiger partial charge in [0.2, 0.25) is 0 Å². The van der Waals surface area contributed by atoms with Crippen LogP contribution in [0, 0.1) is 12.7 Å². The van der Waals surface area contributed by atoms with Gasteiger partial charge in [-0.2, -0.15) is 5.10 Å². The molecule has 3 aromatic heterocycles. The van der Waals surface area contributed by atoms with Crippen LogP contribution in [-0.2, 0) is 0 Å². The molecule has 0 bridgehead atoms. The minimum Gasteiger partial charge on any atom is -0.455 e. The Morgan fingerprint density at radius 3 is 2.69 bits per heavy atom. The van der Waals surface area contributed by atoms with E-state index in [1.807, 2.05) is 30.3 Å². The number of halogens is 1. The van der Waals surface area contributed by atoms with Gasteiger partial charge < -0.3 is 15.0 Å². The number of carbonyl (C=O) groups excluding carboxylic acids is 1. The molecule has 35 heavy (non-hydrogen) atoms. The van der Waals surface area contributed by atoms with E-state index < -0.39 is 17.4 Å². The Bertz CT molecular complexity index is 1600. The normalized spacial score (nSPS) is 10.8. The number of para-hydroxylation sites is 1. The van der Waals surface area contributed by atoms with E-state index in [9.17, 15) is 14.0 Å². The number of hydrogen-bond donors (Lipinski definition) is 3. The molecule has 0 saturated heterocycles. The molecule has 2 amide bonds. The van der Waals surface area contributed by atoms with Crippen molar-refractivity contribution in [2.45, 2.75) is 6.92 Å². The largest absolute Gasteiger partial charge is 0.455 e. The van der Waals surface area contributed by atoms with Gasteiger partial charge in [0.15, 0.2) is 11.4 Å². The van der Waals surface area contributed by atoms with Gasteiger partial charge in [0.05, 0.1) is 23.3 Å². The van der Waals surface area contributed by atoms with E-state index in [1.54, 1.807) is 23.7 Å². The van der Waals surface area contributed by atoms with Gasteiger partial charge in [0.25, 0.3) is 5.56 Å². The van der Waals surface area contributed by atoms with E-state index in [0.29, 0.717) is 17.0 Å². The number of hydrogen-bond acceptors (Lipinski definition) is 6. The molecule has 5 rings (SSSR count). The molecule has 0 aliphatic carbocycles. The Morgan fingerprint density at radius 2 is 1.89 bits per heavy atom. The molecular formula is C24H18FN7O3. The highest BCUT2D eigenvalue weighted by Gasteiger charge is 2.14. The summed E-state index contributed by atoms with van der Waals surface area (Å²) in [7, 11) is 0. The zero-order valence-electron chi connectivity index (χ0n) is 18.3. The van der Waals surface area contributed by atoms with Crippen LogP contribution < -0.4 is 20.9 Å². The average Bonchev–Trinajstić information content (AvgIpc) is 3.21. The summed E-state index contributed by atoms with van der Waals surface area (Å²) in [5.41, 5.74) is 1.60. The number of aromatic amines is 1. The van der Waals surface area contributed by atoms with Crippen LogP contribution in [0.3, 0.4) is 0 Å². The van der Waals surface area contributed by atoms with Gasteiger partial charge in [-0.15, -0.1) is 0 Å². The topological polar surface area (TPSA) is 127 Å². The molecule has 11 heteroatoms. The van der Waals surface area contributed by atoms with Crippen molar-refractivity contribution in [1.82, 2.24) is 24.7 Å². The maximum Gasteiger partial charge on any atom is 0.324 e. The molecule has 0 spiro atoms. The van der Waals surface area contributed by atoms with E-state index in [2.05, 4.69) is 30.7 Å². The molecule has 0 aliphatic heterocycles. The lowest BCUT2D eigenvalue weighted by atomic mass is 10.3. The molecule has 174 valence electrons. The third-order valence-corrected chi connectivity index (χ3v) is 4.93. The number of benzene rings is 2. The van der Waals surface area contributed by atoms with Crippen molar-refractivity contribution in [1.29, 1.82) is 0 Å². The summed E-state index contributed by atoms with van der Waals surface area (Å²) in [4.78, 5) is 34.6. The number of aryl methyl sites for hydroxylation is 1. The number of aromatic nitrogens is 5. The summed E-state index contributed by atoms with van der Waals surface area (Å²) in [5, 5.41) is 9.57. The number of H-pyrrole nitrogens is 1. The fourth-order valence-corrected chi connectivity index (χ4v) is 3.42. The second kappa shape index (κ2) is 9.06. The maximum absolute atomic E-state index is 14.8. The molecule has 10 nitrogen and oxygen atoms in total. The van der Waals surface area contributed by atoms with Crippen LogP contribution in [0.2, 0.25) is 0 Å². The monoisotopic (exact) mass is 471 g/mol. The first kappa shape index (κ1) is 21.8. The van der Waals surface area contributed by atoms with Crippen molar-refractivity contribution in [3.63, 3.8) is 0 Å². The highest BCUT2D eigenvalue weighted by atomic mass is 19.1. The number of anilines is 2. The first-order valence-electron chi connectivity index (χ1n) is 10.5. The number of nitrogens with one attached hydrogen (secondary N) is 3. The van der Waals surface area contributed by atoms with Gasteiger partial charge in [-0.1, -0.05) is 18.2 Å². The SMILES string of the molecule is Cc1cc(NC(=O)Nc2ccc(Oc3ccnc4[nH]c(=O)cnc34)cc2F)n(-c2ccccc2)n1. The Labute approximate surface area is 197 Å². The molecule has 3 N–H and O–H groups in total. The Balaban J connectivity index is 1.31. The zero-order valence-corrected chi connectivity index (χ0v) is 18.3. The van der Waals surface area contributed by atoms with Crippen molar-refractivity contribution in [3.05, 3.63) is 94.9 Å². The summed E-state index contributed by atoms with van der Waals surface area (Å²) < 4.78 is 22.1. The van der Waals surface area contributed by atoms with E-state index in [4.69, 9.17) is 4.74 Å². The smallest absolute Gasteiger partial charge is 0.324 e. The predicted octanol–water partition coefficient (Wildman–Crippen LogP) is 4.39. The second-order valence-electron chi connectivity index (χ2n) is 7.49. The molecule has 0 atom stereocenters. The van der Waals surface area contributed by atoms with E-state index in [1.165, 1.54) is 18.3 Å². The van der Waals surface area contributed by atoms with Gasteiger partial charge in [0, 0.05) is 24.4 Å². The van der Waals surface area contributed by atoms with Gasteiger partial charge in [-0.3, -0.25) is 10.1 Å².